The van der Waals surface area contributed by atoms with Crippen LogP contribution < -0.4 is 15.4 Å². The van der Waals surface area contributed by atoms with Crippen LogP contribution in [0.25, 0.3) is 0 Å². The van der Waals surface area contributed by atoms with E-state index in [1.165, 1.54) is 0 Å². The molecule has 0 fully saturated rings. The van der Waals surface area contributed by atoms with Gasteiger partial charge < -0.3 is 15.0 Å². The highest BCUT2D eigenvalue weighted by atomic mass is 32.1. The van der Waals surface area contributed by atoms with Crippen molar-refractivity contribution >= 4 is 34.8 Å². The van der Waals surface area contributed by atoms with E-state index in [1.54, 1.807) is 54.4 Å². The number of hydrogen-bond acceptors (Lipinski definition) is 4. The minimum atomic E-state index is -0.363. The lowest BCUT2D eigenvalue weighted by Crippen LogP contribution is -2.35. The SMILES string of the molecule is CC(C)COc1cccc(C(=O)NC(=S)Nc2ccccc2C(=O)N(C)Cc2ccccc2)c1. The number of ether oxygens (including phenoxy) is 1. The van der Waals surface area contributed by atoms with Gasteiger partial charge in [-0.25, -0.2) is 0 Å². The van der Waals surface area contributed by atoms with Gasteiger partial charge in [-0.15, -0.1) is 0 Å². The molecule has 34 heavy (non-hydrogen) atoms. The van der Waals surface area contributed by atoms with Crippen molar-refractivity contribution in [2.24, 2.45) is 5.92 Å². The highest BCUT2D eigenvalue weighted by Crippen LogP contribution is 2.19. The summed E-state index contributed by atoms with van der Waals surface area (Å²) in [6.45, 7) is 5.16. The van der Waals surface area contributed by atoms with Gasteiger partial charge in [0.2, 0.25) is 0 Å². The summed E-state index contributed by atoms with van der Waals surface area (Å²) in [6, 6.07) is 23.8. The second-order valence-electron chi connectivity index (χ2n) is 8.33. The molecule has 176 valence electrons. The molecule has 6 nitrogen and oxygen atoms in total. The molecule has 3 aromatic rings. The summed E-state index contributed by atoms with van der Waals surface area (Å²) in [6.07, 6.45) is 0. The topological polar surface area (TPSA) is 70.7 Å². The maximum absolute atomic E-state index is 13.1. The van der Waals surface area contributed by atoms with Crippen molar-refractivity contribution in [2.75, 3.05) is 19.0 Å². The van der Waals surface area contributed by atoms with E-state index in [-0.39, 0.29) is 16.9 Å². The van der Waals surface area contributed by atoms with Gasteiger partial charge in [-0.3, -0.25) is 14.9 Å². The fourth-order valence-corrected chi connectivity index (χ4v) is 3.43. The van der Waals surface area contributed by atoms with Gasteiger partial charge in [0.1, 0.15) is 5.75 Å². The molecule has 0 aliphatic heterocycles. The van der Waals surface area contributed by atoms with Gasteiger partial charge in [-0.05, 0) is 54.0 Å². The fourth-order valence-electron chi connectivity index (χ4n) is 3.23. The Hall–Kier alpha value is -3.71. The smallest absolute Gasteiger partial charge is 0.257 e. The molecule has 0 aromatic heterocycles. The summed E-state index contributed by atoms with van der Waals surface area (Å²) in [5.41, 5.74) is 2.44. The van der Waals surface area contributed by atoms with Crippen molar-refractivity contribution in [1.82, 2.24) is 10.2 Å². The minimum Gasteiger partial charge on any atom is -0.493 e. The third-order valence-corrected chi connectivity index (χ3v) is 5.13. The van der Waals surface area contributed by atoms with Crippen LogP contribution in [0, 0.1) is 5.92 Å². The molecule has 3 aromatic carbocycles. The maximum atomic E-state index is 13.1. The Morgan fingerprint density at radius 2 is 1.68 bits per heavy atom. The first-order chi connectivity index (χ1) is 16.3. The van der Waals surface area contributed by atoms with Crippen molar-refractivity contribution < 1.29 is 14.3 Å². The van der Waals surface area contributed by atoms with Gasteiger partial charge in [-0.1, -0.05) is 62.4 Å². The zero-order valence-electron chi connectivity index (χ0n) is 19.6. The predicted molar refractivity (Wildman–Crippen MR) is 139 cm³/mol. The van der Waals surface area contributed by atoms with E-state index in [9.17, 15) is 9.59 Å². The number of carbonyl (C=O) groups is 2. The molecule has 0 saturated carbocycles. The first-order valence-corrected chi connectivity index (χ1v) is 11.5. The third-order valence-electron chi connectivity index (χ3n) is 4.92. The standard InChI is InChI=1S/C27H29N3O3S/c1-19(2)18-33-22-13-9-12-21(16-22)25(31)29-27(34)28-24-15-8-7-14-23(24)26(32)30(3)17-20-10-5-4-6-11-20/h4-16,19H,17-18H2,1-3H3,(H2,28,29,31,34). The van der Waals surface area contributed by atoms with E-state index in [4.69, 9.17) is 17.0 Å². The quantitative estimate of drug-likeness (QED) is 0.443. The largest absolute Gasteiger partial charge is 0.493 e. The molecule has 0 radical (unpaired) electrons. The van der Waals surface area contributed by atoms with E-state index in [0.717, 1.165) is 5.56 Å². The van der Waals surface area contributed by atoms with Crippen molar-refractivity contribution in [3.8, 4) is 5.75 Å². The summed E-state index contributed by atoms with van der Waals surface area (Å²) in [4.78, 5) is 27.4. The van der Waals surface area contributed by atoms with Crippen LogP contribution in [0.2, 0.25) is 0 Å². The first-order valence-electron chi connectivity index (χ1n) is 11.1. The van der Waals surface area contributed by atoms with E-state index < -0.39 is 0 Å². The van der Waals surface area contributed by atoms with Gasteiger partial charge in [0.25, 0.3) is 11.8 Å². The van der Waals surface area contributed by atoms with Gasteiger partial charge in [0, 0.05) is 19.2 Å². The Balaban J connectivity index is 1.65. The normalized spacial score (nSPS) is 10.5. The number of para-hydroxylation sites is 1. The van der Waals surface area contributed by atoms with Crippen LogP contribution in [0.15, 0.2) is 78.9 Å². The molecule has 0 aliphatic rings. The summed E-state index contributed by atoms with van der Waals surface area (Å²) in [7, 11) is 1.75. The molecule has 2 N–H and O–H groups in total. The van der Waals surface area contributed by atoms with Gasteiger partial charge in [0.15, 0.2) is 5.11 Å². The fraction of sp³-hybridized carbons (Fsp3) is 0.222. The van der Waals surface area contributed by atoms with Crippen LogP contribution >= 0.6 is 12.2 Å². The van der Waals surface area contributed by atoms with E-state index in [1.807, 2.05) is 36.4 Å². The van der Waals surface area contributed by atoms with Crippen molar-refractivity contribution in [1.29, 1.82) is 0 Å². The van der Waals surface area contributed by atoms with Crippen LogP contribution in [0.5, 0.6) is 5.75 Å². The van der Waals surface area contributed by atoms with Crippen molar-refractivity contribution in [3.05, 3.63) is 95.6 Å². The molecule has 0 spiro atoms. The summed E-state index contributed by atoms with van der Waals surface area (Å²) in [5.74, 6) is 0.481. The number of carbonyl (C=O) groups excluding carboxylic acids is 2. The summed E-state index contributed by atoms with van der Waals surface area (Å²) >= 11 is 5.35. The van der Waals surface area contributed by atoms with E-state index in [2.05, 4.69) is 24.5 Å². The van der Waals surface area contributed by atoms with Crippen LogP contribution in [0.3, 0.4) is 0 Å². The maximum Gasteiger partial charge on any atom is 0.257 e. The number of nitrogens with one attached hydrogen (secondary N) is 2. The Bertz CT molecular complexity index is 1150. The average Bonchev–Trinajstić information content (AvgIpc) is 2.83. The van der Waals surface area contributed by atoms with Crippen LogP contribution in [-0.2, 0) is 6.54 Å². The molecule has 3 rings (SSSR count). The number of hydrogen-bond donors (Lipinski definition) is 2. The van der Waals surface area contributed by atoms with Gasteiger partial charge in [-0.2, -0.15) is 0 Å². The molecule has 0 aliphatic carbocycles. The average molecular weight is 476 g/mol. The minimum absolute atomic E-state index is 0.101. The van der Waals surface area contributed by atoms with Crippen LogP contribution in [-0.4, -0.2) is 35.5 Å². The Kier molecular flexibility index (Phi) is 8.76. The number of amides is 2. The second kappa shape index (κ2) is 12.0. The van der Waals surface area contributed by atoms with E-state index >= 15 is 0 Å². The van der Waals surface area contributed by atoms with Crippen molar-refractivity contribution in [3.63, 3.8) is 0 Å². The number of nitrogens with zero attached hydrogens (tertiary/aromatic N) is 1. The third kappa shape index (κ3) is 7.15. The molecule has 0 unspecified atom stereocenters. The monoisotopic (exact) mass is 475 g/mol. The van der Waals surface area contributed by atoms with Crippen LogP contribution in [0.4, 0.5) is 5.69 Å². The summed E-state index contributed by atoms with van der Waals surface area (Å²) in [5, 5.41) is 5.76. The molecule has 2 amide bonds. The lowest BCUT2D eigenvalue weighted by atomic mass is 10.1. The number of rotatable bonds is 8. The lowest BCUT2D eigenvalue weighted by Gasteiger charge is -2.20. The highest BCUT2D eigenvalue weighted by Gasteiger charge is 2.17. The Morgan fingerprint density at radius 3 is 2.41 bits per heavy atom. The zero-order chi connectivity index (χ0) is 24.5. The molecular formula is C27H29N3O3S. The zero-order valence-corrected chi connectivity index (χ0v) is 20.4. The molecule has 7 heteroatoms. The molecular weight excluding hydrogens is 446 g/mol. The lowest BCUT2D eigenvalue weighted by molar-refractivity contribution is 0.0786. The van der Waals surface area contributed by atoms with Gasteiger partial charge >= 0.3 is 0 Å². The molecule has 0 bridgehead atoms. The number of thiocarbonyl (C=S) groups is 1. The van der Waals surface area contributed by atoms with Gasteiger partial charge in [0.05, 0.1) is 17.9 Å². The molecule has 0 atom stereocenters. The van der Waals surface area contributed by atoms with Crippen molar-refractivity contribution in [2.45, 2.75) is 20.4 Å². The molecule has 0 saturated heterocycles. The highest BCUT2D eigenvalue weighted by molar-refractivity contribution is 7.80. The summed E-state index contributed by atoms with van der Waals surface area (Å²) < 4.78 is 5.70. The number of benzene rings is 3. The molecule has 0 heterocycles. The Morgan fingerprint density at radius 1 is 0.971 bits per heavy atom. The first kappa shape index (κ1) is 24.9. The predicted octanol–water partition coefficient (Wildman–Crippen LogP) is 5.12. The Labute approximate surface area is 205 Å². The van der Waals surface area contributed by atoms with E-state index in [0.29, 0.717) is 41.6 Å². The van der Waals surface area contributed by atoms with Crippen LogP contribution in [0.1, 0.15) is 40.1 Å². The number of anilines is 1. The second-order valence-corrected chi connectivity index (χ2v) is 8.74.